The van der Waals surface area contributed by atoms with E-state index in [9.17, 15) is 0 Å². The molecular weight excluding hydrogens is 330 g/mol. The molecule has 3 rings (SSSR count). The van der Waals surface area contributed by atoms with Crippen LogP contribution >= 0.6 is 15.9 Å². The molecule has 21 heavy (non-hydrogen) atoms. The molecular formula is C17H18BrNO2. The summed E-state index contributed by atoms with van der Waals surface area (Å²) in [6.45, 7) is 0.773. The summed E-state index contributed by atoms with van der Waals surface area (Å²) in [4.78, 5) is 0. The van der Waals surface area contributed by atoms with Crippen LogP contribution in [0, 0.1) is 0 Å². The molecule has 0 saturated heterocycles. The number of fused-ring (bicyclic) bond motifs is 1. The fourth-order valence-corrected chi connectivity index (χ4v) is 3.39. The first-order valence-electron chi connectivity index (χ1n) is 7.00. The number of ether oxygens (including phenoxy) is 2. The standard InChI is InChI=1S/C17H18BrNO2/c1-19-16(12-6-7-15(20-2)14(18)10-12)13-5-3-4-11-8-9-21-17(11)13/h3-7,10,16,19H,8-9H2,1-2H3. The van der Waals surface area contributed by atoms with Crippen LogP contribution in [-0.2, 0) is 6.42 Å². The average molecular weight is 348 g/mol. The molecule has 0 bridgehead atoms. The van der Waals surface area contributed by atoms with Crippen LogP contribution in [0.4, 0.5) is 0 Å². The summed E-state index contributed by atoms with van der Waals surface area (Å²) in [5, 5.41) is 3.39. The fraction of sp³-hybridized carbons (Fsp3) is 0.294. The molecule has 3 nitrogen and oxygen atoms in total. The molecule has 0 radical (unpaired) electrons. The van der Waals surface area contributed by atoms with Gasteiger partial charge in [0, 0.05) is 12.0 Å². The second kappa shape index (κ2) is 6.08. The van der Waals surface area contributed by atoms with Gasteiger partial charge < -0.3 is 14.8 Å². The van der Waals surface area contributed by atoms with Crippen molar-refractivity contribution >= 4 is 15.9 Å². The maximum absolute atomic E-state index is 5.83. The zero-order valence-electron chi connectivity index (χ0n) is 12.2. The Morgan fingerprint density at radius 1 is 1.29 bits per heavy atom. The molecule has 2 aromatic rings. The third-order valence-electron chi connectivity index (χ3n) is 3.85. The van der Waals surface area contributed by atoms with Gasteiger partial charge in [-0.15, -0.1) is 0 Å². The topological polar surface area (TPSA) is 30.5 Å². The Balaban J connectivity index is 2.03. The van der Waals surface area contributed by atoms with Gasteiger partial charge in [-0.1, -0.05) is 24.3 Å². The van der Waals surface area contributed by atoms with Crippen LogP contribution in [0.5, 0.6) is 11.5 Å². The molecule has 110 valence electrons. The summed E-state index contributed by atoms with van der Waals surface area (Å²) in [5.74, 6) is 1.87. The largest absolute Gasteiger partial charge is 0.496 e. The first-order valence-corrected chi connectivity index (χ1v) is 7.79. The molecule has 0 fully saturated rings. The first-order chi connectivity index (χ1) is 10.2. The molecule has 1 heterocycles. The van der Waals surface area contributed by atoms with Gasteiger partial charge in [0.2, 0.25) is 0 Å². The minimum atomic E-state index is 0.0975. The van der Waals surface area contributed by atoms with E-state index < -0.39 is 0 Å². The number of rotatable bonds is 4. The van der Waals surface area contributed by atoms with E-state index in [1.54, 1.807) is 7.11 Å². The van der Waals surface area contributed by atoms with E-state index in [0.29, 0.717) is 0 Å². The van der Waals surface area contributed by atoms with Gasteiger partial charge in [-0.3, -0.25) is 0 Å². The summed E-state index contributed by atoms with van der Waals surface area (Å²) >= 11 is 3.56. The molecule has 1 N–H and O–H groups in total. The van der Waals surface area contributed by atoms with Gasteiger partial charge in [-0.25, -0.2) is 0 Å². The van der Waals surface area contributed by atoms with E-state index in [-0.39, 0.29) is 6.04 Å². The van der Waals surface area contributed by atoms with E-state index >= 15 is 0 Å². The molecule has 1 unspecified atom stereocenters. The molecule has 0 spiro atoms. The van der Waals surface area contributed by atoms with Gasteiger partial charge >= 0.3 is 0 Å². The van der Waals surface area contributed by atoms with Gasteiger partial charge in [0.05, 0.1) is 24.2 Å². The molecule has 1 atom stereocenters. The number of nitrogens with one attached hydrogen (secondary N) is 1. The molecule has 0 aliphatic carbocycles. The highest BCUT2D eigenvalue weighted by Gasteiger charge is 2.22. The van der Waals surface area contributed by atoms with E-state index in [4.69, 9.17) is 9.47 Å². The lowest BCUT2D eigenvalue weighted by Crippen LogP contribution is -2.18. The van der Waals surface area contributed by atoms with Crippen LogP contribution in [-0.4, -0.2) is 20.8 Å². The lowest BCUT2D eigenvalue weighted by molar-refractivity contribution is 0.351. The van der Waals surface area contributed by atoms with Gasteiger partial charge in [0.1, 0.15) is 11.5 Å². The quantitative estimate of drug-likeness (QED) is 0.914. The Morgan fingerprint density at radius 3 is 2.86 bits per heavy atom. The lowest BCUT2D eigenvalue weighted by atomic mass is 9.96. The number of methoxy groups -OCH3 is 1. The van der Waals surface area contributed by atoms with E-state index in [2.05, 4.69) is 51.6 Å². The molecule has 0 saturated carbocycles. The summed E-state index contributed by atoms with van der Waals surface area (Å²) in [7, 11) is 3.64. The second-order valence-electron chi connectivity index (χ2n) is 5.05. The average Bonchev–Trinajstić information content (AvgIpc) is 2.97. The van der Waals surface area contributed by atoms with Crippen molar-refractivity contribution in [2.75, 3.05) is 20.8 Å². The van der Waals surface area contributed by atoms with Crippen molar-refractivity contribution in [3.05, 3.63) is 57.6 Å². The number of para-hydroxylation sites is 1. The first kappa shape index (κ1) is 14.4. The molecule has 0 amide bonds. The van der Waals surface area contributed by atoms with Gasteiger partial charge in [0.15, 0.2) is 0 Å². The highest BCUT2D eigenvalue weighted by molar-refractivity contribution is 9.10. The van der Waals surface area contributed by atoms with Crippen molar-refractivity contribution in [1.29, 1.82) is 0 Å². The molecule has 4 heteroatoms. The minimum Gasteiger partial charge on any atom is -0.496 e. The van der Waals surface area contributed by atoms with Crippen LogP contribution in [0.1, 0.15) is 22.7 Å². The second-order valence-corrected chi connectivity index (χ2v) is 5.90. The Morgan fingerprint density at radius 2 is 2.14 bits per heavy atom. The van der Waals surface area contributed by atoms with E-state index in [1.807, 2.05) is 13.1 Å². The van der Waals surface area contributed by atoms with Crippen molar-refractivity contribution in [3.63, 3.8) is 0 Å². The predicted octanol–water partition coefficient (Wildman–Crippen LogP) is 3.70. The Labute approximate surface area is 133 Å². The smallest absolute Gasteiger partial charge is 0.133 e. The maximum Gasteiger partial charge on any atom is 0.133 e. The molecule has 1 aliphatic rings. The Kier molecular flexibility index (Phi) is 4.17. The van der Waals surface area contributed by atoms with Crippen LogP contribution in [0.2, 0.25) is 0 Å². The summed E-state index contributed by atoms with van der Waals surface area (Å²) in [6.07, 6.45) is 0.992. The number of benzene rings is 2. The summed E-state index contributed by atoms with van der Waals surface area (Å²) in [6, 6.07) is 12.6. The van der Waals surface area contributed by atoms with Crippen LogP contribution in [0.15, 0.2) is 40.9 Å². The number of hydrogen-bond acceptors (Lipinski definition) is 3. The van der Waals surface area contributed by atoms with Gasteiger partial charge in [-0.05, 0) is 46.2 Å². The van der Waals surface area contributed by atoms with Crippen molar-refractivity contribution in [2.45, 2.75) is 12.5 Å². The summed E-state index contributed by atoms with van der Waals surface area (Å²) < 4.78 is 12.1. The van der Waals surface area contributed by atoms with Crippen molar-refractivity contribution < 1.29 is 9.47 Å². The predicted molar refractivity (Wildman–Crippen MR) is 87.2 cm³/mol. The Hall–Kier alpha value is -1.52. The number of halogens is 1. The zero-order valence-corrected chi connectivity index (χ0v) is 13.7. The van der Waals surface area contributed by atoms with Crippen LogP contribution in [0.25, 0.3) is 0 Å². The minimum absolute atomic E-state index is 0.0975. The Bertz CT molecular complexity index is 657. The van der Waals surface area contributed by atoms with Crippen molar-refractivity contribution in [2.24, 2.45) is 0 Å². The molecule has 1 aliphatic heterocycles. The third-order valence-corrected chi connectivity index (χ3v) is 4.47. The SMILES string of the molecule is CNC(c1ccc(OC)c(Br)c1)c1cccc2c1OCC2. The number of hydrogen-bond donors (Lipinski definition) is 1. The maximum atomic E-state index is 5.83. The van der Waals surface area contributed by atoms with Crippen LogP contribution in [0.3, 0.4) is 0 Å². The molecule has 2 aromatic carbocycles. The van der Waals surface area contributed by atoms with Gasteiger partial charge in [-0.2, -0.15) is 0 Å². The zero-order chi connectivity index (χ0) is 14.8. The third kappa shape index (κ3) is 2.65. The highest BCUT2D eigenvalue weighted by Crippen LogP contribution is 2.37. The van der Waals surface area contributed by atoms with E-state index in [0.717, 1.165) is 29.0 Å². The lowest BCUT2D eigenvalue weighted by Gasteiger charge is -2.20. The van der Waals surface area contributed by atoms with Crippen molar-refractivity contribution in [1.82, 2.24) is 5.32 Å². The molecule has 0 aromatic heterocycles. The highest BCUT2D eigenvalue weighted by atomic mass is 79.9. The summed E-state index contributed by atoms with van der Waals surface area (Å²) in [5.41, 5.74) is 3.65. The van der Waals surface area contributed by atoms with E-state index in [1.165, 1.54) is 16.7 Å². The van der Waals surface area contributed by atoms with Crippen LogP contribution < -0.4 is 14.8 Å². The monoisotopic (exact) mass is 347 g/mol. The van der Waals surface area contributed by atoms with Crippen molar-refractivity contribution in [3.8, 4) is 11.5 Å². The normalized spacial score (nSPS) is 14.4. The fourth-order valence-electron chi connectivity index (χ4n) is 2.83. The van der Waals surface area contributed by atoms with Gasteiger partial charge in [0.25, 0.3) is 0 Å².